The van der Waals surface area contributed by atoms with E-state index in [9.17, 15) is 9.59 Å². The van der Waals surface area contributed by atoms with Crippen LogP contribution in [0.3, 0.4) is 0 Å². The minimum Gasteiger partial charge on any atom is -0.462 e. The average molecular weight is 349 g/mol. The SMILES string of the molecule is Cc1ccc(CCC(=O)NCCOC(=O)C(C)OCCC(C)C)cc1. The number of amides is 1. The van der Waals surface area contributed by atoms with Crippen molar-refractivity contribution < 1.29 is 19.1 Å². The highest BCUT2D eigenvalue weighted by molar-refractivity contribution is 5.76. The maximum atomic E-state index is 11.8. The second-order valence-electron chi connectivity index (χ2n) is 6.70. The minimum absolute atomic E-state index is 0.0437. The van der Waals surface area contributed by atoms with Crippen LogP contribution >= 0.6 is 0 Å². The Morgan fingerprint density at radius 3 is 2.40 bits per heavy atom. The third-order valence-corrected chi connectivity index (χ3v) is 3.82. The highest BCUT2D eigenvalue weighted by Gasteiger charge is 2.14. The largest absolute Gasteiger partial charge is 0.462 e. The van der Waals surface area contributed by atoms with Gasteiger partial charge >= 0.3 is 5.97 Å². The Balaban J connectivity index is 2.10. The highest BCUT2D eigenvalue weighted by atomic mass is 16.6. The third-order valence-electron chi connectivity index (χ3n) is 3.82. The molecule has 1 aromatic carbocycles. The molecule has 1 unspecified atom stereocenters. The molecule has 0 saturated carbocycles. The number of esters is 1. The van der Waals surface area contributed by atoms with Gasteiger partial charge in [-0.25, -0.2) is 4.79 Å². The van der Waals surface area contributed by atoms with Gasteiger partial charge in [0.15, 0.2) is 6.10 Å². The Morgan fingerprint density at radius 2 is 1.76 bits per heavy atom. The van der Waals surface area contributed by atoms with Gasteiger partial charge in [-0.3, -0.25) is 4.79 Å². The lowest BCUT2D eigenvalue weighted by molar-refractivity contribution is -0.156. The predicted octanol–water partition coefficient (Wildman–Crippen LogP) is 3.04. The Bertz CT molecular complexity index is 525. The molecule has 1 amide bonds. The quantitative estimate of drug-likeness (QED) is 0.493. The zero-order valence-corrected chi connectivity index (χ0v) is 15.8. The summed E-state index contributed by atoms with van der Waals surface area (Å²) in [6.45, 7) is 8.95. The van der Waals surface area contributed by atoms with Gasteiger partial charge in [0.2, 0.25) is 5.91 Å². The van der Waals surface area contributed by atoms with E-state index in [2.05, 4.69) is 19.2 Å². The number of rotatable bonds is 11. The molecule has 0 aliphatic heterocycles. The Labute approximate surface area is 151 Å². The number of nitrogens with one attached hydrogen (secondary N) is 1. The van der Waals surface area contributed by atoms with Crippen LogP contribution in [0.4, 0.5) is 0 Å². The second-order valence-corrected chi connectivity index (χ2v) is 6.70. The van der Waals surface area contributed by atoms with Gasteiger partial charge in [0.1, 0.15) is 6.61 Å². The van der Waals surface area contributed by atoms with Gasteiger partial charge in [0, 0.05) is 13.0 Å². The number of ether oxygens (including phenoxy) is 2. The van der Waals surface area contributed by atoms with Crippen LogP contribution in [0.1, 0.15) is 44.7 Å². The van der Waals surface area contributed by atoms with E-state index in [1.54, 1.807) is 6.92 Å². The number of carbonyl (C=O) groups excluding carboxylic acids is 2. The fraction of sp³-hybridized carbons (Fsp3) is 0.600. The van der Waals surface area contributed by atoms with Gasteiger partial charge in [-0.1, -0.05) is 43.7 Å². The summed E-state index contributed by atoms with van der Waals surface area (Å²) in [5.41, 5.74) is 2.34. The first-order valence-corrected chi connectivity index (χ1v) is 8.99. The molecule has 0 aromatic heterocycles. The first-order chi connectivity index (χ1) is 11.9. The zero-order chi connectivity index (χ0) is 18.7. The van der Waals surface area contributed by atoms with Gasteiger partial charge in [-0.2, -0.15) is 0 Å². The molecular formula is C20H31NO4. The summed E-state index contributed by atoms with van der Waals surface area (Å²) in [7, 11) is 0. The summed E-state index contributed by atoms with van der Waals surface area (Å²) in [6, 6.07) is 8.14. The fourth-order valence-electron chi connectivity index (χ4n) is 2.11. The van der Waals surface area contributed by atoms with Crippen molar-refractivity contribution >= 4 is 11.9 Å². The topological polar surface area (TPSA) is 64.6 Å². The Morgan fingerprint density at radius 1 is 1.08 bits per heavy atom. The molecule has 0 aliphatic carbocycles. The van der Waals surface area contributed by atoms with E-state index in [0.717, 1.165) is 12.0 Å². The summed E-state index contributed by atoms with van der Waals surface area (Å²) < 4.78 is 10.5. The Kier molecular flexibility index (Phi) is 9.85. The van der Waals surface area contributed by atoms with Crippen LogP contribution in [0.25, 0.3) is 0 Å². The van der Waals surface area contributed by atoms with Gasteiger partial charge in [-0.05, 0) is 38.2 Å². The van der Waals surface area contributed by atoms with Crippen molar-refractivity contribution in [2.45, 2.75) is 53.1 Å². The normalized spacial score (nSPS) is 12.0. The minimum atomic E-state index is -0.573. The van der Waals surface area contributed by atoms with E-state index >= 15 is 0 Å². The summed E-state index contributed by atoms with van der Waals surface area (Å²) in [5, 5.41) is 2.76. The van der Waals surface area contributed by atoms with Crippen LogP contribution < -0.4 is 5.32 Å². The maximum Gasteiger partial charge on any atom is 0.335 e. The molecule has 5 nitrogen and oxygen atoms in total. The van der Waals surface area contributed by atoms with Crippen molar-refractivity contribution in [1.82, 2.24) is 5.32 Å². The van der Waals surface area contributed by atoms with Gasteiger partial charge in [-0.15, -0.1) is 0 Å². The van der Waals surface area contributed by atoms with Crippen molar-refractivity contribution in [3.63, 3.8) is 0 Å². The van der Waals surface area contributed by atoms with E-state index in [1.807, 2.05) is 31.2 Å². The van der Waals surface area contributed by atoms with E-state index in [-0.39, 0.29) is 12.5 Å². The molecule has 5 heteroatoms. The molecule has 1 rings (SSSR count). The standard InChI is InChI=1S/C20H31NO4/c1-15(2)11-13-24-17(4)20(23)25-14-12-21-19(22)10-9-18-7-5-16(3)6-8-18/h5-8,15,17H,9-14H2,1-4H3,(H,21,22). The van der Waals surface area contributed by atoms with Crippen molar-refractivity contribution in [1.29, 1.82) is 0 Å². The fourth-order valence-corrected chi connectivity index (χ4v) is 2.11. The lowest BCUT2D eigenvalue weighted by atomic mass is 10.1. The van der Waals surface area contributed by atoms with E-state index in [4.69, 9.17) is 9.47 Å². The third kappa shape index (κ3) is 9.87. The first kappa shape index (κ1) is 21.2. The molecule has 1 aromatic rings. The van der Waals surface area contributed by atoms with Crippen LogP contribution in [0.15, 0.2) is 24.3 Å². The number of carbonyl (C=O) groups is 2. The van der Waals surface area contributed by atoms with Crippen molar-refractivity contribution in [3.8, 4) is 0 Å². The highest BCUT2D eigenvalue weighted by Crippen LogP contribution is 2.05. The molecule has 1 atom stereocenters. The van der Waals surface area contributed by atoms with Crippen molar-refractivity contribution in [2.24, 2.45) is 5.92 Å². The molecule has 0 radical (unpaired) electrons. The van der Waals surface area contributed by atoms with E-state index in [0.29, 0.717) is 31.9 Å². The lowest BCUT2D eigenvalue weighted by Crippen LogP contribution is -2.31. The maximum absolute atomic E-state index is 11.8. The average Bonchev–Trinajstić information content (AvgIpc) is 2.57. The molecular weight excluding hydrogens is 318 g/mol. The van der Waals surface area contributed by atoms with E-state index < -0.39 is 12.1 Å². The monoisotopic (exact) mass is 349 g/mol. The molecule has 140 valence electrons. The smallest absolute Gasteiger partial charge is 0.335 e. The summed E-state index contributed by atoms with van der Waals surface area (Å²) in [5.74, 6) is 0.105. The predicted molar refractivity (Wildman–Crippen MR) is 98.3 cm³/mol. The van der Waals surface area contributed by atoms with Gasteiger partial charge in [0.25, 0.3) is 0 Å². The number of hydrogen-bond donors (Lipinski definition) is 1. The molecule has 0 spiro atoms. The van der Waals surface area contributed by atoms with Crippen molar-refractivity contribution in [3.05, 3.63) is 35.4 Å². The number of benzene rings is 1. The van der Waals surface area contributed by atoms with Crippen LogP contribution in [-0.2, 0) is 25.5 Å². The number of hydrogen-bond acceptors (Lipinski definition) is 4. The molecule has 0 fully saturated rings. The van der Waals surface area contributed by atoms with Gasteiger partial charge in [0.05, 0.1) is 6.54 Å². The zero-order valence-electron chi connectivity index (χ0n) is 15.8. The molecule has 0 heterocycles. The number of aryl methyl sites for hydroxylation is 2. The molecule has 0 saturated heterocycles. The van der Waals surface area contributed by atoms with Crippen LogP contribution in [0.5, 0.6) is 0 Å². The lowest BCUT2D eigenvalue weighted by Gasteiger charge is -2.13. The van der Waals surface area contributed by atoms with Crippen LogP contribution in [-0.4, -0.2) is 37.7 Å². The second kappa shape index (κ2) is 11.6. The summed E-state index contributed by atoms with van der Waals surface area (Å²) >= 11 is 0. The summed E-state index contributed by atoms with van der Waals surface area (Å²) in [6.07, 6.45) is 1.46. The van der Waals surface area contributed by atoms with Crippen LogP contribution in [0, 0.1) is 12.8 Å². The molecule has 25 heavy (non-hydrogen) atoms. The summed E-state index contributed by atoms with van der Waals surface area (Å²) in [4.78, 5) is 23.5. The first-order valence-electron chi connectivity index (χ1n) is 8.99. The van der Waals surface area contributed by atoms with E-state index in [1.165, 1.54) is 5.56 Å². The van der Waals surface area contributed by atoms with Crippen molar-refractivity contribution in [2.75, 3.05) is 19.8 Å². The molecule has 0 aliphatic rings. The van der Waals surface area contributed by atoms with Gasteiger partial charge < -0.3 is 14.8 Å². The molecule has 1 N–H and O–H groups in total. The molecule has 0 bridgehead atoms. The van der Waals surface area contributed by atoms with Crippen LogP contribution in [0.2, 0.25) is 0 Å². The Hall–Kier alpha value is -1.88.